The van der Waals surface area contributed by atoms with Crippen LogP contribution < -0.4 is 5.73 Å². The normalized spacial score (nSPS) is 21.6. The van der Waals surface area contributed by atoms with Gasteiger partial charge in [-0.3, -0.25) is 0 Å². The average Bonchev–Trinajstić information content (AvgIpc) is 2.79. The first-order chi connectivity index (χ1) is 8.41. The molecule has 6 heteroatoms. The minimum Gasteiger partial charge on any atom is -0.399 e. The molecule has 2 rings (SSSR count). The average molecular weight is 269 g/mol. The molecule has 0 saturated carbocycles. The molecule has 0 spiro atoms. The van der Waals surface area contributed by atoms with E-state index in [-0.39, 0.29) is 5.92 Å². The van der Waals surface area contributed by atoms with Crippen LogP contribution in [0.2, 0.25) is 0 Å². The van der Waals surface area contributed by atoms with Crippen LogP contribution in [0.1, 0.15) is 17.9 Å². The van der Waals surface area contributed by atoms with E-state index >= 15 is 0 Å². The van der Waals surface area contributed by atoms with E-state index < -0.39 is 10.2 Å². The van der Waals surface area contributed by atoms with Gasteiger partial charge in [-0.15, -0.1) is 0 Å². The fraction of sp³-hybridized carbons (Fsp3) is 0.500. The summed E-state index contributed by atoms with van der Waals surface area (Å²) < 4.78 is 26.8. The fourth-order valence-electron chi connectivity index (χ4n) is 2.21. The first kappa shape index (κ1) is 13.3. The quantitative estimate of drug-likeness (QED) is 0.828. The van der Waals surface area contributed by atoms with E-state index in [1.54, 1.807) is 14.1 Å². The van der Waals surface area contributed by atoms with Crippen LogP contribution in [0, 0.1) is 0 Å². The standard InChI is InChI=1S/C12H19N3O2S/c1-14(2)18(16,17)15-8-7-11(9-15)10-3-5-12(13)6-4-10/h3-6,11H,7-9,13H2,1-2H3. The van der Waals surface area contributed by atoms with Crippen LogP contribution >= 0.6 is 0 Å². The number of nitrogens with zero attached hydrogens (tertiary/aromatic N) is 2. The van der Waals surface area contributed by atoms with Crippen LogP contribution in [0.4, 0.5) is 5.69 Å². The third kappa shape index (κ3) is 2.50. The lowest BCUT2D eigenvalue weighted by atomic mass is 9.98. The molecule has 1 aliphatic heterocycles. The molecule has 0 amide bonds. The first-order valence-electron chi connectivity index (χ1n) is 5.94. The van der Waals surface area contributed by atoms with Gasteiger partial charge in [0, 0.05) is 32.9 Å². The lowest BCUT2D eigenvalue weighted by molar-refractivity contribution is 0.419. The number of anilines is 1. The molecular weight excluding hydrogens is 250 g/mol. The van der Waals surface area contributed by atoms with Crippen molar-refractivity contribution in [2.75, 3.05) is 32.9 Å². The van der Waals surface area contributed by atoms with Crippen LogP contribution in [0.25, 0.3) is 0 Å². The zero-order valence-corrected chi connectivity index (χ0v) is 11.5. The molecular formula is C12H19N3O2S. The van der Waals surface area contributed by atoms with E-state index in [0.29, 0.717) is 13.1 Å². The van der Waals surface area contributed by atoms with Gasteiger partial charge in [-0.2, -0.15) is 17.0 Å². The minimum absolute atomic E-state index is 0.264. The minimum atomic E-state index is -3.28. The summed E-state index contributed by atoms with van der Waals surface area (Å²) in [4.78, 5) is 0. The highest BCUT2D eigenvalue weighted by atomic mass is 32.2. The highest BCUT2D eigenvalue weighted by Gasteiger charge is 2.33. The maximum atomic E-state index is 12.0. The van der Waals surface area contributed by atoms with Crippen LogP contribution in [0.3, 0.4) is 0 Å². The molecule has 0 aliphatic carbocycles. The van der Waals surface area contributed by atoms with E-state index in [9.17, 15) is 8.42 Å². The van der Waals surface area contributed by atoms with Crippen molar-refractivity contribution in [3.63, 3.8) is 0 Å². The third-order valence-electron chi connectivity index (χ3n) is 3.35. The summed E-state index contributed by atoms with van der Waals surface area (Å²) in [5.41, 5.74) is 7.53. The Hall–Kier alpha value is -1.11. The van der Waals surface area contributed by atoms with Crippen molar-refractivity contribution in [2.24, 2.45) is 0 Å². The molecule has 1 aromatic carbocycles. The number of benzene rings is 1. The number of hydrogen-bond acceptors (Lipinski definition) is 3. The molecule has 0 bridgehead atoms. The number of nitrogens with two attached hydrogens (primary N) is 1. The van der Waals surface area contributed by atoms with E-state index in [4.69, 9.17) is 5.73 Å². The van der Waals surface area contributed by atoms with Gasteiger partial charge in [0.15, 0.2) is 0 Å². The second-order valence-corrected chi connectivity index (χ2v) is 6.94. The SMILES string of the molecule is CN(C)S(=O)(=O)N1CCC(c2ccc(N)cc2)C1. The Balaban J connectivity index is 2.12. The molecule has 100 valence electrons. The molecule has 5 nitrogen and oxygen atoms in total. The van der Waals surface area contributed by atoms with Gasteiger partial charge in [-0.25, -0.2) is 0 Å². The van der Waals surface area contributed by atoms with Gasteiger partial charge in [-0.1, -0.05) is 12.1 Å². The van der Waals surface area contributed by atoms with Crippen molar-refractivity contribution >= 4 is 15.9 Å². The van der Waals surface area contributed by atoms with E-state index in [0.717, 1.165) is 17.7 Å². The Kier molecular flexibility index (Phi) is 3.61. The third-order valence-corrected chi connectivity index (χ3v) is 5.25. The van der Waals surface area contributed by atoms with E-state index in [1.165, 1.54) is 8.61 Å². The highest BCUT2D eigenvalue weighted by molar-refractivity contribution is 7.86. The predicted molar refractivity (Wildman–Crippen MR) is 72.4 cm³/mol. The van der Waals surface area contributed by atoms with Crippen molar-refractivity contribution in [1.29, 1.82) is 0 Å². The molecule has 1 aromatic rings. The van der Waals surface area contributed by atoms with E-state index in [2.05, 4.69) is 0 Å². The van der Waals surface area contributed by atoms with Gasteiger partial charge in [0.2, 0.25) is 0 Å². The number of nitrogen functional groups attached to an aromatic ring is 1. The molecule has 0 aromatic heterocycles. The lowest BCUT2D eigenvalue weighted by Crippen LogP contribution is -2.38. The molecule has 1 fully saturated rings. The van der Waals surface area contributed by atoms with Crippen molar-refractivity contribution in [2.45, 2.75) is 12.3 Å². The van der Waals surface area contributed by atoms with Gasteiger partial charge in [0.05, 0.1) is 0 Å². The Morgan fingerprint density at radius 2 is 1.89 bits per heavy atom. The smallest absolute Gasteiger partial charge is 0.281 e. The predicted octanol–water partition coefficient (Wildman–Crippen LogP) is 0.865. The van der Waals surface area contributed by atoms with Crippen LogP contribution in [0.5, 0.6) is 0 Å². The van der Waals surface area contributed by atoms with Gasteiger partial charge in [0.1, 0.15) is 0 Å². The number of hydrogen-bond donors (Lipinski definition) is 1. The summed E-state index contributed by atoms with van der Waals surface area (Å²) in [6.07, 6.45) is 0.858. The van der Waals surface area contributed by atoms with Crippen molar-refractivity contribution in [3.8, 4) is 0 Å². The van der Waals surface area contributed by atoms with E-state index in [1.807, 2.05) is 24.3 Å². The zero-order valence-electron chi connectivity index (χ0n) is 10.7. The van der Waals surface area contributed by atoms with Gasteiger partial charge in [0.25, 0.3) is 10.2 Å². The van der Waals surface area contributed by atoms with Crippen LogP contribution in [-0.4, -0.2) is 44.2 Å². The Morgan fingerprint density at radius 3 is 2.44 bits per heavy atom. The van der Waals surface area contributed by atoms with Crippen LogP contribution in [-0.2, 0) is 10.2 Å². The Bertz CT molecular complexity index is 511. The summed E-state index contributed by atoms with van der Waals surface area (Å²) in [7, 11) is -0.161. The summed E-state index contributed by atoms with van der Waals surface area (Å²) in [6, 6.07) is 7.68. The van der Waals surface area contributed by atoms with Crippen molar-refractivity contribution < 1.29 is 8.42 Å². The lowest BCUT2D eigenvalue weighted by Gasteiger charge is -2.20. The molecule has 1 atom stereocenters. The molecule has 1 unspecified atom stereocenters. The highest BCUT2D eigenvalue weighted by Crippen LogP contribution is 2.29. The summed E-state index contributed by atoms with van der Waals surface area (Å²) in [6.45, 7) is 1.12. The van der Waals surface area contributed by atoms with Gasteiger partial charge >= 0.3 is 0 Å². The maximum absolute atomic E-state index is 12.0. The Morgan fingerprint density at radius 1 is 1.28 bits per heavy atom. The summed E-state index contributed by atoms with van der Waals surface area (Å²) in [5.74, 6) is 0.264. The maximum Gasteiger partial charge on any atom is 0.281 e. The second-order valence-electron chi connectivity index (χ2n) is 4.80. The van der Waals surface area contributed by atoms with Crippen molar-refractivity contribution in [3.05, 3.63) is 29.8 Å². The summed E-state index contributed by atoms with van der Waals surface area (Å²) >= 11 is 0. The molecule has 1 heterocycles. The van der Waals surface area contributed by atoms with Gasteiger partial charge in [-0.05, 0) is 30.0 Å². The topological polar surface area (TPSA) is 66.6 Å². The van der Waals surface area contributed by atoms with Gasteiger partial charge < -0.3 is 5.73 Å². The fourth-order valence-corrected chi connectivity index (χ4v) is 3.38. The molecule has 2 N–H and O–H groups in total. The Labute approximate surface area is 108 Å². The molecule has 0 radical (unpaired) electrons. The number of rotatable bonds is 3. The largest absolute Gasteiger partial charge is 0.399 e. The molecule has 1 saturated heterocycles. The molecule has 18 heavy (non-hydrogen) atoms. The first-order valence-corrected chi connectivity index (χ1v) is 7.34. The van der Waals surface area contributed by atoms with Crippen molar-refractivity contribution in [1.82, 2.24) is 8.61 Å². The second kappa shape index (κ2) is 4.87. The summed E-state index contributed by atoms with van der Waals surface area (Å²) in [5, 5.41) is 0. The monoisotopic (exact) mass is 269 g/mol. The molecule has 1 aliphatic rings. The van der Waals surface area contributed by atoms with Crippen LogP contribution in [0.15, 0.2) is 24.3 Å². The zero-order chi connectivity index (χ0) is 13.3.